The van der Waals surface area contributed by atoms with Crippen LogP contribution in [0.4, 0.5) is 0 Å². The lowest BCUT2D eigenvalue weighted by Crippen LogP contribution is -2.34. The molecule has 1 amide bonds. The lowest BCUT2D eigenvalue weighted by atomic mass is 10.2. The number of aromatic nitrogens is 2. The summed E-state index contributed by atoms with van der Waals surface area (Å²) in [5.41, 5.74) is 1.62. The summed E-state index contributed by atoms with van der Waals surface area (Å²) in [5, 5.41) is 6.78. The van der Waals surface area contributed by atoms with Crippen molar-refractivity contribution in [3.8, 4) is 28.6 Å². The van der Waals surface area contributed by atoms with E-state index in [0.29, 0.717) is 17.5 Å². The Kier molecular flexibility index (Phi) is 5.09. The molecule has 2 aromatic carbocycles. The summed E-state index contributed by atoms with van der Waals surface area (Å²) in [6, 6.07) is 16.9. The van der Waals surface area contributed by atoms with E-state index in [-0.39, 0.29) is 18.6 Å². The molecule has 0 unspecified atom stereocenters. The fourth-order valence-electron chi connectivity index (χ4n) is 2.28. The third-order valence-corrected chi connectivity index (χ3v) is 3.36. The molecule has 0 aliphatic carbocycles. The maximum absolute atomic E-state index is 11.7. The Bertz CT molecular complexity index is 844. The van der Waals surface area contributed by atoms with Gasteiger partial charge in [0.25, 0.3) is 11.8 Å². The maximum atomic E-state index is 11.7. The van der Waals surface area contributed by atoms with Gasteiger partial charge in [-0.05, 0) is 32.0 Å². The third kappa shape index (κ3) is 4.44. The second kappa shape index (κ2) is 7.61. The molecule has 3 rings (SSSR count). The van der Waals surface area contributed by atoms with Crippen LogP contribution in [0.1, 0.15) is 13.8 Å². The van der Waals surface area contributed by atoms with E-state index < -0.39 is 0 Å². The number of nitrogens with zero attached hydrogens (tertiary/aromatic N) is 2. The highest BCUT2D eigenvalue weighted by molar-refractivity contribution is 5.77. The van der Waals surface area contributed by atoms with Crippen LogP contribution in [0.15, 0.2) is 59.1 Å². The molecule has 6 heteroatoms. The summed E-state index contributed by atoms with van der Waals surface area (Å²) in [4.78, 5) is 16.1. The van der Waals surface area contributed by atoms with Gasteiger partial charge < -0.3 is 14.6 Å². The molecule has 0 fully saturated rings. The third-order valence-electron chi connectivity index (χ3n) is 3.36. The Morgan fingerprint density at radius 2 is 1.88 bits per heavy atom. The number of hydrogen-bond donors (Lipinski definition) is 1. The van der Waals surface area contributed by atoms with Crippen LogP contribution in [0.5, 0.6) is 5.75 Å². The number of carbonyl (C=O) groups is 1. The van der Waals surface area contributed by atoms with Crippen LogP contribution in [0.2, 0.25) is 0 Å². The molecule has 0 atom stereocenters. The molecule has 1 aromatic heterocycles. The van der Waals surface area contributed by atoms with Crippen LogP contribution in [0.3, 0.4) is 0 Å². The van der Waals surface area contributed by atoms with Crippen LogP contribution >= 0.6 is 0 Å². The summed E-state index contributed by atoms with van der Waals surface area (Å²) in [6.45, 7) is 3.76. The van der Waals surface area contributed by atoms with Crippen molar-refractivity contribution in [3.63, 3.8) is 0 Å². The van der Waals surface area contributed by atoms with Crippen molar-refractivity contribution in [1.29, 1.82) is 0 Å². The van der Waals surface area contributed by atoms with Gasteiger partial charge in [0.2, 0.25) is 5.82 Å². The average Bonchev–Trinajstić information content (AvgIpc) is 3.11. The molecule has 0 aliphatic rings. The van der Waals surface area contributed by atoms with E-state index in [4.69, 9.17) is 9.26 Å². The number of carbonyl (C=O) groups excluding carboxylic acids is 1. The number of hydrogen-bond acceptors (Lipinski definition) is 5. The number of benzene rings is 2. The van der Waals surface area contributed by atoms with Gasteiger partial charge in [-0.1, -0.05) is 41.6 Å². The normalized spacial score (nSPS) is 10.7. The van der Waals surface area contributed by atoms with E-state index in [1.54, 1.807) is 12.1 Å². The predicted molar refractivity (Wildman–Crippen MR) is 93.9 cm³/mol. The van der Waals surface area contributed by atoms with Gasteiger partial charge in [0, 0.05) is 17.2 Å². The largest absolute Gasteiger partial charge is 0.484 e. The zero-order valence-electron chi connectivity index (χ0n) is 14.1. The summed E-state index contributed by atoms with van der Waals surface area (Å²) >= 11 is 0. The molecule has 0 saturated carbocycles. The molecule has 1 N–H and O–H groups in total. The monoisotopic (exact) mass is 337 g/mol. The van der Waals surface area contributed by atoms with Crippen LogP contribution in [-0.2, 0) is 4.79 Å². The van der Waals surface area contributed by atoms with Crippen molar-refractivity contribution < 1.29 is 14.1 Å². The molecule has 0 aliphatic heterocycles. The minimum atomic E-state index is -0.162. The summed E-state index contributed by atoms with van der Waals surface area (Å²) < 4.78 is 10.9. The molecule has 1 heterocycles. The molecule has 25 heavy (non-hydrogen) atoms. The zero-order chi connectivity index (χ0) is 17.6. The Morgan fingerprint density at radius 1 is 1.12 bits per heavy atom. The molecule has 3 aromatic rings. The van der Waals surface area contributed by atoms with Crippen molar-refractivity contribution in [2.75, 3.05) is 6.61 Å². The first-order chi connectivity index (χ1) is 12.1. The Hall–Kier alpha value is -3.15. The van der Waals surface area contributed by atoms with Crippen LogP contribution in [-0.4, -0.2) is 28.7 Å². The number of nitrogens with one attached hydrogen (secondary N) is 1. The fraction of sp³-hybridized carbons (Fsp3) is 0.211. The van der Waals surface area contributed by atoms with E-state index >= 15 is 0 Å². The van der Waals surface area contributed by atoms with Crippen molar-refractivity contribution in [2.45, 2.75) is 19.9 Å². The van der Waals surface area contributed by atoms with Gasteiger partial charge in [-0.15, -0.1) is 0 Å². The van der Waals surface area contributed by atoms with Crippen LogP contribution in [0, 0.1) is 0 Å². The van der Waals surface area contributed by atoms with E-state index in [9.17, 15) is 4.79 Å². The summed E-state index contributed by atoms with van der Waals surface area (Å²) in [7, 11) is 0. The van der Waals surface area contributed by atoms with Crippen LogP contribution in [0.25, 0.3) is 22.8 Å². The summed E-state index contributed by atoms with van der Waals surface area (Å²) in [5.74, 6) is 1.33. The van der Waals surface area contributed by atoms with Crippen LogP contribution < -0.4 is 10.1 Å². The van der Waals surface area contributed by atoms with Gasteiger partial charge >= 0.3 is 0 Å². The number of rotatable bonds is 6. The fourth-order valence-corrected chi connectivity index (χ4v) is 2.28. The Labute approximate surface area is 145 Å². The van der Waals surface area contributed by atoms with Crippen molar-refractivity contribution in [1.82, 2.24) is 15.5 Å². The quantitative estimate of drug-likeness (QED) is 0.747. The van der Waals surface area contributed by atoms with Gasteiger partial charge in [-0.25, -0.2) is 0 Å². The van der Waals surface area contributed by atoms with Gasteiger partial charge in [-0.2, -0.15) is 4.98 Å². The van der Waals surface area contributed by atoms with Gasteiger partial charge in [-0.3, -0.25) is 4.79 Å². The van der Waals surface area contributed by atoms with Gasteiger partial charge in [0.05, 0.1) is 0 Å². The predicted octanol–water partition coefficient (Wildman–Crippen LogP) is 3.31. The molecule has 0 bridgehead atoms. The lowest BCUT2D eigenvalue weighted by Gasteiger charge is -2.09. The number of ether oxygens (including phenoxy) is 1. The minimum absolute atomic E-state index is 0.0409. The first-order valence-electron chi connectivity index (χ1n) is 8.03. The van der Waals surface area contributed by atoms with E-state index in [1.165, 1.54) is 0 Å². The topological polar surface area (TPSA) is 77.2 Å². The highest BCUT2D eigenvalue weighted by Gasteiger charge is 2.11. The molecular formula is C19H19N3O3. The van der Waals surface area contributed by atoms with Gasteiger partial charge in [0.15, 0.2) is 6.61 Å². The SMILES string of the molecule is CC(C)NC(=O)COc1cccc(-c2nc(-c3ccccc3)no2)c1. The second-order valence-electron chi connectivity index (χ2n) is 5.83. The van der Waals surface area contributed by atoms with E-state index in [1.807, 2.05) is 56.3 Å². The maximum Gasteiger partial charge on any atom is 0.258 e. The summed E-state index contributed by atoms with van der Waals surface area (Å²) in [6.07, 6.45) is 0. The Balaban J connectivity index is 1.72. The molecule has 0 radical (unpaired) electrons. The van der Waals surface area contributed by atoms with E-state index in [0.717, 1.165) is 11.1 Å². The molecule has 6 nitrogen and oxygen atoms in total. The second-order valence-corrected chi connectivity index (χ2v) is 5.83. The van der Waals surface area contributed by atoms with Gasteiger partial charge in [0.1, 0.15) is 5.75 Å². The molecule has 128 valence electrons. The van der Waals surface area contributed by atoms with Crippen molar-refractivity contribution in [3.05, 3.63) is 54.6 Å². The minimum Gasteiger partial charge on any atom is -0.484 e. The van der Waals surface area contributed by atoms with Crippen molar-refractivity contribution >= 4 is 5.91 Å². The highest BCUT2D eigenvalue weighted by Crippen LogP contribution is 2.25. The molecule has 0 spiro atoms. The average molecular weight is 337 g/mol. The number of amides is 1. The molecule has 0 saturated heterocycles. The zero-order valence-corrected chi connectivity index (χ0v) is 14.1. The van der Waals surface area contributed by atoms with Crippen molar-refractivity contribution in [2.24, 2.45) is 0 Å². The first-order valence-corrected chi connectivity index (χ1v) is 8.03. The lowest BCUT2D eigenvalue weighted by molar-refractivity contribution is -0.123. The smallest absolute Gasteiger partial charge is 0.258 e. The Morgan fingerprint density at radius 3 is 2.64 bits per heavy atom. The van der Waals surface area contributed by atoms with E-state index in [2.05, 4.69) is 15.5 Å². The highest BCUT2D eigenvalue weighted by atomic mass is 16.5. The standard InChI is InChI=1S/C19H19N3O3/c1-13(2)20-17(23)12-24-16-10-6-9-15(11-16)19-21-18(22-25-19)14-7-4-3-5-8-14/h3-11,13H,12H2,1-2H3,(H,20,23). The first kappa shape index (κ1) is 16.7. The molecular weight excluding hydrogens is 318 g/mol.